The molecule has 2 aliphatic rings. The first-order valence-corrected chi connectivity index (χ1v) is 12.5. The van der Waals surface area contributed by atoms with Crippen molar-refractivity contribution in [3.8, 4) is 5.75 Å². The highest BCUT2D eigenvalue weighted by molar-refractivity contribution is 5.96. The van der Waals surface area contributed by atoms with E-state index in [1.54, 1.807) is 57.0 Å². The average Bonchev–Trinajstić information content (AvgIpc) is 3.23. The second kappa shape index (κ2) is 10.4. The van der Waals surface area contributed by atoms with Crippen molar-refractivity contribution in [1.29, 1.82) is 0 Å². The lowest BCUT2D eigenvalue weighted by Gasteiger charge is -2.46. The van der Waals surface area contributed by atoms with E-state index in [2.05, 4.69) is 5.32 Å². The Morgan fingerprint density at radius 3 is 2.39 bits per heavy atom. The summed E-state index contributed by atoms with van der Waals surface area (Å²) in [4.78, 5) is 40.0. The van der Waals surface area contributed by atoms with E-state index < -0.39 is 41.0 Å². The van der Waals surface area contributed by atoms with Gasteiger partial charge in [0.15, 0.2) is 0 Å². The van der Waals surface area contributed by atoms with E-state index in [4.69, 9.17) is 9.47 Å². The number of amides is 2. The van der Waals surface area contributed by atoms with Gasteiger partial charge in [-0.3, -0.25) is 4.79 Å². The first kappa shape index (κ1) is 27.1. The summed E-state index contributed by atoms with van der Waals surface area (Å²) in [6.07, 6.45) is 0.956. The van der Waals surface area contributed by atoms with Gasteiger partial charge in [-0.15, -0.1) is 0 Å². The van der Waals surface area contributed by atoms with Crippen molar-refractivity contribution in [2.24, 2.45) is 0 Å². The number of phenolic OH excluding ortho intramolecular Hbond substituents is 1. The Morgan fingerprint density at radius 2 is 1.79 bits per heavy atom. The van der Waals surface area contributed by atoms with Gasteiger partial charge in [-0.05, 0) is 69.5 Å². The Labute approximate surface area is 220 Å². The summed E-state index contributed by atoms with van der Waals surface area (Å²) < 4.78 is 24.3. The number of carbonyl (C=O) groups is 3. The molecule has 2 aromatic rings. The fourth-order valence-electron chi connectivity index (χ4n) is 4.77. The number of hydrogen-bond donors (Lipinski definition) is 2. The zero-order valence-corrected chi connectivity index (χ0v) is 21.9. The SMILES string of the molecule is CCOC(=O)C1=CN2C(=O)C(Cc3ccc(F)cc3)(NC(=O)OC(C)(C)C)CCN2C1c1ccc(O)cc1. The highest BCUT2D eigenvalue weighted by atomic mass is 19.1. The number of alkyl carbamates (subject to hydrolysis) is 1. The molecule has 1 saturated heterocycles. The number of carbonyl (C=O) groups excluding carboxylic acids is 3. The summed E-state index contributed by atoms with van der Waals surface area (Å²) in [6, 6.07) is 11.5. The van der Waals surface area contributed by atoms with Crippen LogP contribution in [0, 0.1) is 5.82 Å². The molecule has 9 nitrogen and oxygen atoms in total. The van der Waals surface area contributed by atoms with Crippen molar-refractivity contribution in [3.05, 3.63) is 77.2 Å². The van der Waals surface area contributed by atoms with Gasteiger partial charge in [-0.25, -0.2) is 24.0 Å². The van der Waals surface area contributed by atoms with Crippen LogP contribution in [-0.4, -0.2) is 57.4 Å². The van der Waals surface area contributed by atoms with Crippen LogP contribution in [0.2, 0.25) is 0 Å². The number of benzene rings is 2. The molecular weight excluding hydrogens is 493 g/mol. The van der Waals surface area contributed by atoms with Crippen LogP contribution >= 0.6 is 0 Å². The Morgan fingerprint density at radius 1 is 1.13 bits per heavy atom. The summed E-state index contributed by atoms with van der Waals surface area (Å²) in [5.74, 6) is -1.39. The lowest BCUT2D eigenvalue weighted by molar-refractivity contribution is -0.159. The monoisotopic (exact) mass is 525 g/mol. The minimum absolute atomic E-state index is 0.0693. The molecule has 0 spiro atoms. The van der Waals surface area contributed by atoms with E-state index in [1.165, 1.54) is 35.5 Å². The minimum atomic E-state index is -1.42. The number of hydrazine groups is 1. The average molecular weight is 526 g/mol. The van der Waals surface area contributed by atoms with E-state index >= 15 is 0 Å². The quantitative estimate of drug-likeness (QED) is 0.549. The number of rotatable bonds is 6. The zero-order valence-electron chi connectivity index (χ0n) is 21.9. The van der Waals surface area contributed by atoms with Gasteiger partial charge in [0.05, 0.1) is 18.2 Å². The lowest BCUT2D eigenvalue weighted by atomic mass is 9.84. The molecule has 1 fully saturated rings. The third kappa shape index (κ3) is 5.65. The largest absolute Gasteiger partial charge is 0.508 e. The molecule has 2 atom stereocenters. The van der Waals surface area contributed by atoms with Gasteiger partial charge in [-0.1, -0.05) is 24.3 Å². The summed E-state index contributed by atoms with van der Waals surface area (Å²) in [5, 5.41) is 15.6. The molecule has 2 aliphatic heterocycles. The van der Waals surface area contributed by atoms with Crippen LogP contribution in [0.15, 0.2) is 60.3 Å². The number of nitrogens with one attached hydrogen (secondary N) is 1. The van der Waals surface area contributed by atoms with E-state index in [9.17, 15) is 23.9 Å². The van der Waals surface area contributed by atoms with Crippen molar-refractivity contribution in [1.82, 2.24) is 15.3 Å². The molecule has 10 heteroatoms. The van der Waals surface area contributed by atoms with Crippen molar-refractivity contribution in [2.45, 2.75) is 57.7 Å². The van der Waals surface area contributed by atoms with Gasteiger partial charge < -0.3 is 19.9 Å². The first-order valence-electron chi connectivity index (χ1n) is 12.5. The van der Waals surface area contributed by atoms with Crippen LogP contribution in [0.5, 0.6) is 5.75 Å². The third-order valence-electron chi connectivity index (χ3n) is 6.40. The Bertz CT molecular complexity index is 1240. The number of halogens is 1. The Hall–Kier alpha value is -3.92. The van der Waals surface area contributed by atoms with Gasteiger partial charge >= 0.3 is 12.1 Å². The highest BCUT2D eigenvalue weighted by Crippen LogP contribution is 2.42. The number of hydrogen-bond acceptors (Lipinski definition) is 7. The smallest absolute Gasteiger partial charge is 0.408 e. The van der Waals surface area contributed by atoms with Gasteiger partial charge in [0.2, 0.25) is 0 Å². The van der Waals surface area contributed by atoms with Crippen molar-refractivity contribution in [3.63, 3.8) is 0 Å². The van der Waals surface area contributed by atoms with E-state index in [0.29, 0.717) is 11.1 Å². The standard InChI is InChI=1S/C28H32FN3O6/c1-5-37-24(34)22-17-32-25(35)28(30-26(36)38-27(2,3)4,16-18-6-10-20(29)11-7-18)14-15-31(32)23(22)19-8-12-21(33)13-9-19/h6-13,17,23,33H,5,14-16H2,1-4H3,(H,30,36). The molecule has 0 radical (unpaired) electrons. The first-order chi connectivity index (χ1) is 17.9. The lowest BCUT2D eigenvalue weighted by Crippen LogP contribution is -2.67. The third-order valence-corrected chi connectivity index (χ3v) is 6.40. The molecule has 2 heterocycles. The molecular formula is C28H32FN3O6. The van der Waals surface area contributed by atoms with Crippen LogP contribution in [0.25, 0.3) is 0 Å². The second-order valence-electron chi connectivity index (χ2n) is 10.4. The second-order valence-corrected chi connectivity index (χ2v) is 10.4. The van der Waals surface area contributed by atoms with Crippen LogP contribution in [0.4, 0.5) is 9.18 Å². The van der Waals surface area contributed by atoms with Crippen LogP contribution < -0.4 is 5.32 Å². The van der Waals surface area contributed by atoms with E-state index in [1.807, 2.05) is 0 Å². The van der Waals surface area contributed by atoms with Crippen LogP contribution in [-0.2, 0) is 25.5 Å². The van der Waals surface area contributed by atoms with Crippen molar-refractivity contribution in [2.75, 3.05) is 13.2 Å². The Kier molecular flexibility index (Phi) is 7.46. The fraction of sp³-hybridized carbons (Fsp3) is 0.393. The summed E-state index contributed by atoms with van der Waals surface area (Å²) >= 11 is 0. The molecule has 0 aliphatic carbocycles. The van der Waals surface area contributed by atoms with Crippen molar-refractivity contribution >= 4 is 18.0 Å². The maximum atomic E-state index is 14.2. The number of fused-ring (bicyclic) bond motifs is 1. The molecule has 0 bridgehead atoms. The van der Waals surface area contributed by atoms with Crippen LogP contribution in [0.1, 0.15) is 51.3 Å². The molecule has 202 valence electrons. The maximum absolute atomic E-state index is 14.2. The van der Waals surface area contributed by atoms with Gasteiger partial charge in [-0.2, -0.15) is 0 Å². The number of phenols is 1. The zero-order chi connectivity index (χ0) is 27.7. The predicted octanol–water partition coefficient (Wildman–Crippen LogP) is 3.99. The molecule has 4 rings (SSSR count). The number of aromatic hydroxyl groups is 1. The maximum Gasteiger partial charge on any atom is 0.408 e. The Balaban J connectivity index is 1.73. The molecule has 2 N–H and O–H groups in total. The molecule has 2 unspecified atom stereocenters. The van der Waals surface area contributed by atoms with E-state index in [-0.39, 0.29) is 37.3 Å². The molecule has 2 aromatic carbocycles. The van der Waals surface area contributed by atoms with E-state index in [0.717, 1.165) is 0 Å². The number of nitrogens with zero attached hydrogens (tertiary/aromatic N) is 2. The molecule has 0 aromatic heterocycles. The normalized spacial score (nSPS) is 21.5. The number of ether oxygens (including phenoxy) is 2. The molecule has 0 saturated carbocycles. The summed E-state index contributed by atoms with van der Waals surface area (Å²) in [7, 11) is 0. The minimum Gasteiger partial charge on any atom is -0.508 e. The molecule has 38 heavy (non-hydrogen) atoms. The summed E-state index contributed by atoms with van der Waals surface area (Å²) in [6.45, 7) is 7.30. The highest BCUT2D eigenvalue weighted by Gasteiger charge is 2.53. The summed E-state index contributed by atoms with van der Waals surface area (Å²) in [5.41, 5.74) is -0.631. The van der Waals surface area contributed by atoms with Gasteiger partial charge in [0.1, 0.15) is 22.7 Å². The van der Waals surface area contributed by atoms with Crippen LogP contribution in [0.3, 0.4) is 0 Å². The number of esters is 1. The topological polar surface area (TPSA) is 108 Å². The fourth-order valence-corrected chi connectivity index (χ4v) is 4.77. The molecule has 2 amide bonds. The predicted molar refractivity (Wildman–Crippen MR) is 136 cm³/mol. The van der Waals surface area contributed by atoms with Gasteiger partial charge in [0.25, 0.3) is 5.91 Å². The van der Waals surface area contributed by atoms with Gasteiger partial charge in [0, 0.05) is 19.2 Å². The van der Waals surface area contributed by atoms with Crippen molar-refractivity contribution < 1.29 is 33.4 Å².